The average molecular weight is 350 g/mol. The highest BCUT2D eigenvalue weighted by atomic mass is 16.3. The lowest BCUT2D eigenvalue weighted by atomic mass is 10.1. The summed E-state index contributed by atoms with van der Waals surface area (Å²) < 4.78 is 1.72. The molecule has 1 aliphatic carbocycles. The van der Waals surface area contributed by atoms with Crippen molar-refractivity contribution in [1.82, 2.24) is 9.13 Å². The number of nitriles is 2. The van der Waals surface area contributed by atoms with E-state index in [1.807, 2.05) is 12.1 Å². The van der Waals surface area contributed by atoms with Gasteiger partial charge in [0, 0.05) is 6.54 Å². The molecule has 0 atom stereocenters. The molecule has 8 heteroatoms. The standard InChI is InChI=1S/C18H14N4O4/c1-10(23)15-16(24)21(9-11-2-3-11)18(26)22(17(15)25)14-5-12(7-19)4-13(6-14)8-20/h4-6,11,24H,2-3,9H2,1H3. The predicted molar refractivity (Wildman–Crippen MR) is 90.1 cm³/mol. The van der Waals surface area contributed by atoms with Crippen molar-refractivity contribution in [3.8, 4) is 23.7 Å². The number of Topliss-reactive ketones (excluding diaryl/α,β-unsaturated/α-hetero) is 1. The Morgan fingerprint density at radius 1 is 1.19 bits per heavy atom. The van der Waals surface area contributed by atoms with Gasteiger partial charge >= 0.3 is 5.69 Å². The Balaban J connectivity index is 2.38. The van der Waals surface area contributed by atoms with E-state index in [1.165, 1.54) is 18.2 Å². The number of carbonyl (C=O) groups excluding carboxylic acids is 1. The van der Waals surface area contributed by atoms with Crippen LogP contribution in [0.5, 0.6) is 5.88 Å². The minimum Gasteiger partial charge on any atom is -0.494 e. The number of carbonyl (C=O) groups is 1. The van der Waals surface area contributed by atoms with E-state index < -0.39 is 28.5 Å². The summed E-state index contributed by atoms with van der Waals surface area (Å²) in [5, 5.41) is 28.5. The Kier molecular flexibility index (Phi) is 4.19. The van der Waals surface area contributed by atoms with E-state index >= 15 is 0 Å². The van der Waals surface area contributed by atoms with Crippen molar-refractivity contribution in [3.63, 3.8) is 0 Å². The smallest absolute Gasteiger partial charge is 0.338 e. The maximum atomic E-state index is 12.8. The molecular weight excluding hydrogens is 336 g/mol. The molecule has 1 N–H and O–H groups in total. The van der Waals surface area contributed by atoms with Gasteiger partial charge in [-0.3, -0.25) is 14.2 Å². The van der Waals surface area contributed by atoms with Crippen molar-refractivity contribution in [2.45, 2.75) is 26.3 Å². The van der Waals surface area contributed by atoms with Gasteiger partial charge in [0.2, 0.25) is 5.88 Å². The van der Waals surface area contributed by atoms with Crippen molar-refractivity contribution in [3.05, 3.63) is 55.7 Å². The van der Waals surface area contributed by atoms with Gasteiger partial charge in [-0.2, -0.15) is 10.5 Å². The maximum Gasteiger partial charge on any atom is 0.338 e. The zero-order valence-corrected chi connectivity index (χ0v) is 13.9. The molecule has 0 radical (unpaired) electrons. The van der Waals surface area contributed by atoms with E-state index in [-0.39, 0.29) is 29.3 Å². The second kappa shape index (κ2) is 6.34. The fraction of sp³-hybridized carbons (Fsp3) is 0.278. The molecule has 0 amide bonds. The number of ketones is 1. The minimum atomic E-state index is -0.981. The molecule has 1 aliphatic rings. The highest BCUT2D eigenvalue weighted by Crippen LogP contribution is 2.31. The summed E-state index contributed by atoms with van der Waals surface area (Å²) in [5.41, 5.74) is -2.10. The largest absolute Gasteiger partial charge is 0.494 e. The molecule has 1 heterocycles. The highest BCUT2D eigenvalue weighted by Gasteiger charge is 2.28. The van der Waals surface area contributed by atoms with Gasteiger partial charge in [0.05, 0.1) is 29.0 Å². The second-order valence-electron chi connectivity index (χ2n) is 6.22. The third-order valence-electron chi connectivity index (χ3n) is 4.24. The van der Waals surface area contributed by atoms with Gasteiger partial charge in [-0.25, -0.2) is 9.36 Å². The van der Waals surface area contributed by atoms with E-state index in [0.29, 0.717) is 0 Å². The Labute approximate surface area is 147 Å². The Morgan fingerprint density at radius 3 is 2.23 bits per heavy atom. The van der Waals surface area contributed by atoms with Crippen molar-refractivity contribution >= 4 is 5.78 Å². The predicted octanol–water partition coefficient (Wildman–Crippen LogP) is 1.06. The van der Waals surface area contributed by atoms with Crippen LogP contribution in [0.2, 0.25) is 0 Å². The summed E-state index contributed by atoms with van der Waals surface area (Å²) in [7, 11) is 0. The van der Waals surface area contributed by atoms with Crippen molar-refractivity contribution in [2.24, 2.45) is 5.92 Å². The molecule has 1 aromatic carbocycles. The van der Waals surface area contributed by atoms with Gasteiger partial charge in [0.25, 0.3) is 5.56 Å². The fourth-order valence-electron chi connectivity index (χ4n) is 2.77. The second-order valence-corrected chi connectivity index (χ2v) is 6.22. The summed E-state index contributed by atoms with van der Waals surface area (Å²) in [6, 6.07) is 7.62. The quantitative estimate of drug-likeness (QED) is 0.821. The minimum absolute atomic E-state index is 0.00245. The van der Waals surface area contributed by atoms with Gasteiger partial charge in [-0.05, 0) is 43.9 Å². The molecule has 3 rings (SSSR count). The van der Waals surface area contributed by atoms with E-state index in [1.54, 1.807) is 0 Å². The molecule has 8 nitrogen and oxygen atoms in total. The zero-order valence-electron chi connectivity index (χ0n) is 13.9. The van der Waals surface area contributed by atoms with Crippen LogP contribution in [0.4, 0.5) is 0 Å². The fourth-order valence-corrected chi connectivity index (χ4v) is 2.77. The molecule has 0 unspecified atom stereocenters. The first kappa shape index (κ1) is 17.2. The Morgan fingerprint density at radius 2 is 1.77 bits per heavy atom. The first-order valence-corrected chi connectivity index (χ1v) is 7.92. The van der Waals surface area contributed by atoms with Crippen molar-refractivity contribution < 1.29 is 9.90 Å². The third kappa shape index (κ3) is 2.89. The number of benzene rings is 1. The Hall–Kier alpha value is -3.65. The number of rotatable bonds is 4. The topological polar surface area (TPSA) is 129 Å². The number of aromatic nitrogens is 2. The molecule has 0 saturated heterocycles. The first-order chi connectivity index (χ1) is 12.4. The van der Waals surface area contributed by atoms with E-state index in [4.69, 9.17) is 10.5 Å². The van der Waals surface area contributed by atoms with Crippen LogP contribution in [-0.4, -0.2) is 20.0 Å². The van der Waals surface area contributed by atoms with Crippen LogP contribution in [0.15, 0.2) is 27.8 Å². The molecule has 2 aromatic rings. The van der Waals surface area contributed by atoms with E-state index in [2.05, 4.69) is 0 Å². The summed E-state index contributed by atoms with van der Waals surface area (Å²) in [6.45, 7) is 1.31. The number of hydrogen-bond acceptors (Lipinski definition) is 6. The van der Waals surface area contributed by atoms with Crippen LogP contribution in [0.1, 0.15) is 41.3 Å². The average Bonchev–Trinajstić information content (AvgIpc) is 3.42. The maximum absolute atomic E-state index is 12.8. The molecular formula is C18H14N4O4. The van der Waals surface area contributed by atoms with Crippen LogP contribution >= 0.6 is 0 Å². The summed E-state index contributed by atoms with van der Waals surface area (Å²) in [6.07, 6.45) is 1.78. The lowest BCUT2D eigenvalue weighted by Crippen LogP contribution is -2.41. The van der Waals surface area contributed by atoms with Gasteiger partial charge in [-0.1, -0.05) is 0 Å². The van der Waals surface area contributed by atoms with Crippen molar-refractivity contribution in [2.75, 3.05) is 0 Å². The SMILES string of the molecule is CC(=O)c1c(O)n(CC2CC2)c(=O)n(-c2cc(C#N)cc(C#N)c2)c1=O. The molecule has 0 spiro atoms. The van der Waals surface area contributed by atoms with E-state index in [9.17, 15) is 19.5 Å². The van der Waals surface area contributed by atoms with Crippen LogP contribution < -0.4 is 11.2 Å². The first-order valence-electron chi connectivity index (χ1n) is 7.92. The summed E-state index contributed by atoms with van der Waals surface area (Å²) in [4.78, 5) is 37.4. The lowest BCUT2D eigenvalue weighted by Gasteiger charge is -2.15. The van der Waals surface area contributed by atoms with Crippen LogP contribution in [-0.2, 0) is 6.54 Å². The molecule has 0 aliphatic heterocycles. The summed E-state index contributed by atoms with van der Waals surface area (Å²) in [5.74, 6) is -1.13. The zero-order chi connectivity index (χ0) is 19.0. The highest BCUT2D eigenvalue weighted by molar-refractivity contribution is 5.95. The molecule has 0 bridgehead atoms. The lowest BCUT2D eigenvalue weighted by molar-refractivity contribution is 0.101. The molecule has 1 aromatic heterocycles. The number of aromatic hydroxyl groups is 1. The summed E-state index contributed by atoms with van der Waals surface area (Å²) >= 11 is 0. The molecule has 1 saturated carbocycles. The molecule has 1 fully saturated rings. The van der Waals surface area contributed by atoms with Crippen LogP contribution in [0.3, 0.4) is 0 Å². The number of hydrogen-bond donors (Lipinski definition) is 1. The Bertz CT molecular complexity index is 1090. The van der Waals surface area contributed by atoms with Crippen molar-refractivity contribution in [1.29, 1.82) is 10.5 Å². The molecule has 26 heavy (non-hydrogen) atoms. The van der Waals surface area contributed by atoms with Gasteiger partial charge < -0.3 is 5.11 Å². The van der Waals surface area contributed by atoms with Gasteiger partial charge in [-0.15, -0.1) is 0 Å². The van der Waals surface area contributed by atoms with Gasteiger partial charge in [0.15, 0.2) is 5.78 Å². The van der Waals surface area contributed by atoms with Crippen LogP contribution in [0, 0.1) is 28.6 Å². The van der Waals surface area contributed by atoms with E-state index in [0.717, 1.165) is 28.9 Å². The van der Waals surface area contributed by atoms with Crippen LogP contribution in [0.25, 0.3) is 5.69 Å². The normalized spacial score (nSPS) is 13.0. The van der Waals surface area contributed by atoms with Gasteiger partial charge in [0.1, 0.15) is 5.56 Å². The molecule has 130 valence electrons. The monoisotopic (exact) mass is 350 g/mol. The third-order valence-corrected chi connectivity index (χ3v) is 4.24. The number of nitrogens with zero attached hydrogens (tertiary/aromatic N) is 4.